The van der Waals surface area contributed by atoms with Crippen molar-refractivity contribution in [2.75, 3.05) is 0 Å². The van der Waals surface area contributed by atoms with Gasteiger partial charge in [0, 0.05) is 0 Å². The van der Waals surface area contributed by atoms with Crippen LogP contribution in [-0.2, 0) is 5.75 Å². The summed E-state index contributed by atoms with van der Waals surface area (Å²) >= 11 is 1.40. The van der Waals surface area contributed by atoms with Crippen LogP contribution in [0.2, 0.25) is 0 Å². The number of halogens is 1. The topological polar surface area (TPSA) is 69.6 Å². The maximum Gasteiger partial charge on any atom is 0.257 e. The highest BCUT2D eigenvalue weighted by Gasteiger charge is 2.12. The Bertz CT molecular complexity index is 917. The first kappa shape index (κ1) is 13.9. The maximum atomic E-state index is 13.0. The van der Waals surface area contributed by atoms with Gasteiger partial charge in [-0.25, -0.2) is 9.37 Å². The first-order chi connectivity index (χ1) is 11.3. The lowest BCUT2D eigenvalue weighted by Gasteiger charge is -2.03. The van der Waals surface area contributed by atoms with Crippen LogP contribution in [0.15, 0.2) is 58.2 Å². The Kier molecular flexibility index (Phi) is 3.51. The van der Waals surface area contributed by atoms with E-state index in [2.05, 4.69) is 20.5 Å². The Balaban J connectivity index is 1.55. The third-order valence-corrected chi connectivity index (χ3v) is 4.03. The lowest BCUT2D eigenvalue weighted by atomic mass is 10.3. The van der Waals surface area contributed by atoms with E-state index >= 15 is 0 Å². The quantitative estimate of drug-likeness (QED) is 0.536. The predicted octanol–water partition coefficient (Wildman–Crippen LogP) is 3.23. The van der Waals surface area contributed by atoms with Crippen molar-refractivity contribution >= 4 is 22.9 Å². The largest absolute Gasteiger partial charge is 0.431 e. The molecule has 114 valence electrons. The average Bonchev–Trinajstić information content (AvgIpc) is 3.19. The molecule has 2 aromatic carbocycles. The van der Waals surface area contributed by atoms with E-state index in [0.717, 1.165) is 11.1 Å². The Morgan fingerprint density at radius 3 is 2.74 bits per heavy atom. The smallest absolute Gasteiger partial charge is 0.257 e. The SMILES string of the molecule is Fc1ccc(-n2nnnc2CSc2nc3ccccc3o2)cc1. The van der Waals surface area contributed by atoms with Gasteiger partial charge in [0.1, 0.15) is 11.3 Å². The van der Waals surface area contributed by atoms with Gasteiger partial charge >= 0.3 is 0 Å². The highest BCUT2D eigenvalue weighted by molar-refractivity contribution is 7.98. The van der Waals surface area contributed by atoms with Crippen LogP contribution in [0.4, 0.5) is 4.39 Å². The van der Waals surface area contributed by atoms with E-state index in [4.69, 9.17) is 4.42 Å². The van der Waals surface area contributed by atoms with Gasteiger partial charge < -0.3 is 4.42 Å². The molecule has 0 amide bonds. The van der Waals surface area contributed by atoms with E-state index in [0.29, 0.717) is 22.5 Å². The van der Waals surface area contributed by atoms with Crippen molar-refractivity contribution in [1.82, 2.24) is 25.2 Å². The molecule has 0 unspecified atom stereocenters. The van der Waals surface area contributed by atoms with Gasteiger partial charge in [0.25, 0.3) is 5.22 Å². The lowest BCUT2D eigenvalue weighted by Crippen LogP contribution is -2.02. The summed E-state index contributed by atoms with van der Waals surface area (Å²) < 4.78 is 20.2. The predicted molar refractivity (Wildman–Crippen MR) is 82.7 cm³/mol. The molecule has 0 radical (unpaired) electrons. The molecule has 0 aliphatic rings. The fraction of sp³-hybridized carbons (Fsp3) is 0.0667. The number of aromatic nitrogens is 5. The van der Waals surface area contributed by atoms with Crippen LogP contribution in [0.3, 0.4) is 0 Å². The maximum absolute atomic E-state index is 13.0. The minimum Gasteiger partial charge on any atom is -0.431 e. The summed E-state index contributed by atoms with van der Waals surface area (Å²) in [5, 5.41) is 12.2. The van der Waals surface area contributed by atoms with Crippen molar-refractivity contribution in [3.63, 3.8) is 0 Å². The molecule has 4 aromatic rings. The Morgan fingerprint density at radius 2 is 1.91 bits per heavy atom. The molecule has 23 heavy (non-hydrogen) atoms. The van der Waals surface area contributed by atoms with Gasteiger partial charge in [0.05, 0.1) is 11.4 Å². The summed E-state index contributed by atoms with van der Waals surface area (Å²) in [7, 11) is 0. The molecule has 0 bridgehead atoms. The second-order valence-corrected chi connectivity index (χ2v) is 5.65. The first-order valence-corrected chi connectivity index (χ1v) is 7.80. The van der Waals surface area contributed by atoms with Crippen molar-refractivity contribution in [3.05, 3.63) is 60.2 Å². The van der Waals surface area contributed by atoms with Gasteiger partial charge in [-0.05, 0) is 46.8 Å². The summed E-state index contributed by atoms with van der Waals surface area (Å²) in [5.41, 5.74) is 2.26. The molecule has 2 aromatic heterocycles. The highest BCUT2D eigenvalue weighted by atomic mass is 32.2. The van der Waals surface area contributed by atoms with Crippen molar-refractivity contribution in [2.45, 2.75) is 11.0 Å². The molecule has 8 heteroatoms. The average molecular weight is 327 g/mol. The molecule has 0 fully saturated rings. The van der Waals surface area contributed by atoms with Crippen molar-refractivity contribution in [3.8, 4) is 5.69 Å². The molecule has 0 spiro atoms. The van der Waals surface area contributed by atoms with Gasteiger partial charge in [-0.15, -0.1) is 5.10 Å². The van der Waals surface area contributed by atoms with Crippen molar-refractivity contribution in [1.29, 1.82) is 0 Å². The fourth-order valence-electron chi connectivity index (χ4n) is 2.12. The van der Waals surface area contributed by atoms with Gasteiger partial charge in [-0.1, -0.05) is 23.9 Å². The number of hydrogen-bond donors (Lipinski definition) is 0. The summed E-state index contributed by atoms with van der Waals surface area (Å²) in [6.45, 7) is 0. The van der Waals surface area contributed by atoms with Gasteiger partial charge in [-0.3, -0.25) is 0 Å². The summed E-state index contributed by atoms with van der Waals surface area (Å²) in [6.07, 6.45) is 0. The van der Waals surface area contributed by atoms with Gasteiger partial charge in [0.15, 0.2) is 11.4 Å². The minimum atomic E-state index is -0.302. The van der Waals surface area contributed by atoms with E-state index in [9.17, 15) is 4.39 Å². The second kappa shape index (κ2) is 5.81. The Hall–Kier alpha value is -2.74. The zero-order chi connectivity index (χ0) is 15.6. The van der Waals surface area contributed by atoms with Crippen LogP contribution >= 0.6 is 11.8 Å². The van der Waals surface area contributed by atoms with E-state index in [1.807, 2.05) is 24.3 Å². The van der Waals surface area contributed by atoms with Crippen LogP contribution in [0.1, 0.15) is 5.82 Å². The van der Waals surface area contributed by atoms with E-state index in [-0.39, 0.29) is 5.82 Å². The zero-order valence-electron chi connectivity index (χ0n) is 11.8. The van der Waals surface area contributed by atoms with Crippen LogP contribution < -0.4 is 0 Å². The van der Waals surface area contributed by atoms with Gasteiger partial charge in [-0.2, -0.15) is 4.68 Å². The van der Waals surface area contributed by atoms with E-state index in [1.54, 1.807) is 16.8 Å². The summed E-state index contributed by atoms with van der Waals surface area (Å²) in [5.74, 6) is 0.810. The molecule has 6 nitrogen and oxygen atoms in total. The molecule has 0 aliphatic carbocycles. The molecule has 0 atom stereocenters. The number of benzene rings is 2. The molecular weight excluding hydrogens is 317 g/mol. The first-order valence-electron chi connectivity index (χ1n) is 6.81. The zero-order valence-corrected chi connectivity index (χ0v) is 12.6. The molecule has 4 rings (SSSR count). The van der Waals surface area contributed by atoms with Crippen LogP contribution in [0, 0.1) is 5.82 Å². The van der Waals surface area contributed by atoms with E-state index in [1.165, 1.54) is 23.9 Å². The third-order valence-electron chi connectivity index (χ3n) is 3.20. The van der Waals surface area contributed by atoms with Gasteiger partial charge in [0.2, 0.25) is 0 Å². The number of thioether (sulfide) groups is 1. The van der Waals surface area contributed by atoms with Crippen molar-refractivity contribution in [2.24, 2.45) is 0 Å². The monoisotopic (exact) mass is 327 g/mol. The molecule has 2 heterocycles. The number of rotatable bonds is 4. The summed E-state index contributed by atoms with van der Waals surface area (Å²) in [4.78, 5) is 4.40. The second-order valence-electron chi connectivity index (χ2n) is 4.72. The van der Waals surface area contributed by atoms with Crippen LogP contribution in [-0.4, -0.2) is 25.2 Å². The Labute approximate surface area is 134 Å². The minimum absolute atomic E-state index is 0.302. The number of nitrogens with zero attached hydrogens (tertiary/aromatic N) is 5. The molecule has 0 N–H and O–H groups in total. The standard InChI is InChI=1S/C15H10FN5OS/c16-10-5-7-11(8-6-10)21-14(18-19-20-21)9-23-15-17-12-3-1-2-4-13(12)22-15/h1-8H,9H2. The summed E-state index contributed by atoms with van der Waals surface area (Å²) in [6, 6.07) is 13.6. The number of hydrogen-bond acceptors (Lipinski definition) is 6. The number of para-hydroxylation sites is 2. The van der Waals surface area contributed by atoms with Crippen molar-refractivity contribution < 1.29 is 8.81 Å². The van der Waals surface area contributed by atoms with E-state index < -0.39 is 0 Å². The number of tetrazole rings is 1. The highest BCUT2D eigenvalue weighted by Crippen LogP contribution is 2.25. The van der Waals surface area contributed by atoms with Crippen LogP contribution in [0.5, 0.6) is 0 Å². The molecular formula is C15H10FN5OS. The normalized spacial score (nSPS) is 11.2. The molecule has 0 aliphatic heterocycles. The molecule has 0 saturated carbocycles. The lowest BCUT2D eigenvalue weighted by molar-refractivity contribution is 0.489. The fourth-order valence-corrected chi connectivity index (χ4v) is 2.86. The number of fused-ring (bicyclic) bond motifs is 1. The van der Waals surface area contributed by atoms with Crippen LogP contribution in [0.25, 0.3) is 16.8 Å². The molecule has 0 saturated heterocycles. The Morgan fingerprint density at radius 1 is 1.09 bits per heavy atom. The number of oxazole rings is 1. The third kappa shape index (κ3) is 2.80.